The summed E-state index contributed by atoms with van der Waals surface area (Å²) in [5, 5.41) is 11.3. The molecule has 0 radical (unpaired) electrons. The van der Waals surface area contributed by atoms with Crippen LogP contribution in [0.2, 0.25) is 0 Å². The molecule has 7 heteroatoms. The van der Waals surface area contributed by atoms with Crippen molar-refractivity contribution in [3.63, 3.8) is 0 Å². The summed E-state index contributed by atoms with van der Waals surface area (Å²) in [5.41, 5.74) is 1.72. The van der Waals surface area contributed by atoms with Gasteiger partial charge in [-0.3, -0.25) is 19.2 Å². The zero-order chi connectivity index (χ0) is 34.4. The van der Waals surface area contributed by atoms with Gasteiger partial charge >= 0.3 is 11.9 Å². The molecule has 48 heavy (non-hydrogen) atoms. The number of rotatable bonds is 21. The van der Waals surface area contributed by atoms with Crippen molar-refractivity contribution in [1.82, 2.24) is 0 Å². The number of aliphatic hydroxyl groups excluding tert-OH is 1. The minimum absolute atomic E-state index is 0.00860. The third kappa shape index (κ3) is 10.6. The highest BCUT2D eigenvalue weighted by Crippen LogP contribution is 2.59. The lowest BCUT2D eigenvalue weighted by molar-refractivity contribution is -0.152. The monoisotopic (exact) mass is 664 g/mol. The van der Waals surface area contributed by atoms with Gasteiger partial charge in [-0.1, -0.05) is 101 Å². The Balaban J connectivity index is 1.04. The number of ether oxygens (including phenoxy) is 2. The fourth-order valence-electron chi connectivity index (χ4n) is 8.66. The summed E-state index contributed by atoms with van der Waals surface area (Å²) in [4.78, 5) is 49.6. The van der Waals surface area contributed by atoms with Crippen LogP contribution in [0, 0.1) is 29.1 Å². The van der Waals surface area contributed by atoms with Crippen LogP contribution in [-0.4, -0.2) is 47.9 Å². The van der Waals surface area contributed by atoms with Crippen molar-refractivity contribution >= 4 is 23.5 Å². The molecule has 0 spiro atoms. The van der Waals surface area contributed by atoms with E-state index in [2.05, 4.69) is 26.0 Å². The molecule has 7 nitrogen and oxygen atoms in total. The number of hydrogen-bond donors (Lipinski definition) is 1. The van der Waals surface area contributed by atoms with E-state index in [4.69, 9.17) is 9.47 Å². The van der Waals surface area contributed by atoms with Crippen molar-refractivity contribution in [1.29, 1.82) is 0 Å². The predicted octanol–water partition coefficient (Wildman–Crippen LogP) is 8.49. The molecular formula is C41H60O7. The highest BCUT2D eigenvalue weighted by Gasteiger charge is 2.54. The van der Waals surface area contributed by atoms with Crippen LogP contribution in [0.5, 0.6) is 0 Å². The molecule has 4 rings (SSSR count). The van der Waals surface area contributed by atoms with E-state index in [0.717, 1.165) is 56.1 Å². The van der Waals surface area contributed by atoms with Crippen LogP contribution < -0.4 is 0 Å². The van der Waals surface area contributed by atoms with E-state index in [1.165, 1.54) is 57.8 Å². The molecule has 0 aromatic rings. The first kappa shape index (κ1) is 38.0. The normalized spacial score (nSPS) is 27.6. The van der Waals surface area contributed by atoms with Crippen LogP contribution in [0.3, 0.4) is 0 Å². The van der Waals surface area contributed by atoms with E-state index in [1.54, 1.807) is 12.2 Å². The Morgan fingerprint density at radius 1 is 0.875 bits per heavy atom. The molecule has 4 aliphatic rings. The summed E-state index contributed by atoms with van der Waals surface area (Å²) in [6.45, 7) is 4.41. The van der Waals surface area contributed by atoms with Gasteiger partial charge in [0, 0.05) is 17.3 Å². The summed E-state index contributed by atoms with van der Waals surface area (Å²) in [6, 6.07) is 0. The topological polar surface area (TPSA) is 107 Å². The molecule has 0 aromatic heterocycles. The van der Waals surface area contributed by atoms with E-state index in [0.29, 0.717) is 13.0 Å². The number of ketones is 2. The first-order valence-corrected chi connectivity index (χ1v) is 19.1. The van der Waals surface area contributed by atoms with E-state index in [9.17, 15) is 24.3 Å². The highest BCUT2D eigenvalue weighted by atomic mass is 16.5. The zero-order valence-corrected chi connectivity index (χ0v) is 29.6. The van der Waals surface area contributed by atoms with Crippen LogP contribution in [-0.2, 0) is 28.7 Å². The van der Waals surface area contributed by atoms with Crippen LogP contribution in [0.25, 0.3) is 0 Å². The van der Waals surface area contributed by atoms with Crippen LogP contribution in [0.4, 0.5) is 0 Å². The van der Waals surface area contributed by atoms with Gasteiger partial charge in [0.05, 0.1) is 25.6 Å². The number of hydrogen-bond acceptors (Lipinski definition) is 7. The Morgan fingerprint density at radius 3 is 2.23 bits per heavy atom. The van der Waals surface area contributed by atoms with Gasteiger partial charge in [-0.05, 0) is 81.8 Å². The molecule has 2 saturated carbocycles. The van der Waals surface area contributed by atoms with E-state index >= 15 is 0 Å². The number of Topliss-reactive ketones (excluding diaryl/α,β-unsaturated/α-hetero) is 1. The fraction of sp³-hybridized carbons (Fsp3) is 0.707. The number of carbonyl (C=O) groups is 4. The summed E-state index contributed by atoms with van der Waals surface area (Å²) in [6.07, 6.45) is 29.9. The second-order valence-corrected chi connectivity index (χ2v) is 14.7. The third-order valence-electron chi connectivity index (χ3n) is 11.3. The average Bonchev–Trinajstić information content (AvgIpc) is 3.50. The van der Waals surface area contributed by atoms with Gasteiger partial charge in [-0.25, -0.2) is 0 Å². The third-order valence-corrected chi connectivity index (χ3v) is 11.3. The van der Waals surface area contributed by atoms with Gasteiger partial charge in [0.15, 0.2) is 18.2 Å². The lowest BCUT2D eigenvalue weighted by atomic mass is 9.52. The maximum atomic E-state index is 13.2. The Hall–Kier alpha value is -2.80. The molecule has 0 saturated heterocycles. The molecule has 0 amide bonds. The Kier molecular flexibility index (Phi) is 15.4. The summed E-state index contributed by atoms with van der Waals surface area (Å²) in [7, 11) is 0. The molecule has 2 fully saturated rings. The number of allylic oxidation sites excluding steroid dienone is 7. The van der Waals surface area contributed by atoms with Crippen molar-refractivity contribution in [2.45, 2.75) is 142 Å². The Labute approximate surface area is 288 Å². The molecule has 6 atom stereocenters. The second kappa shape index (κ2) is 19.4. The molecule has 0 heterocycles. The SMILES string of the molecule is CCCCCCC/C=C\CCCCCCCCOC(=O)CCC(=O)OCC(=O)[C@H]1CCC2C1=CC(O)C1[C@H]2CCC2=CC(=O)C=C[C@@]21C. The molecule has 3 unspecified atom stereocenters. The zero-order valence-electron chi connectivity index (χ0n) is 29.6. The van der Waals surface area contributed by atoms with Crippen LogP contribution in [0.1, 0.15) is 136 Å². The average molecular weight is 665 g/mol. The smallest absolute Gasteiger partial charge is 0.306 e. The predicted molar refractivity (Wildman–Crippen MR) is 188 cm³/mol. The Bertz CT molecular complexity index is 1230. The summed E-state index contributed by atoms with van der Waals surface area (Å²) < 4.78 is 10.6. The van der Waals surface area contributed by atoms with Crippen molar-refractivity contribution < 1.29 is 33.8 Å². The van der Waals surface area contributed by atoms with Crippen molar-refractivity contribution in [3.05, 3.63) is 47.6 Å². The Morgan fingerprint density at radius 2 is 1.52 bits per heavy atom. The largest absolute Gasteiger partial charge is 0.466 e. The summed E-state index contributed by atoms with van der Waals surface area (Å²) in [5.74, 6) is -1.08. The number of fused-ring (bicyclic) bond motifs is 5. The minimum atomic E-state index is -0.707. The quantitative estimate of drug-likeness (QED) is 0.0745. The van der Waals surface area contributed by atoms with Crippen molar-refractivity contribution in [3.8, 4) is 0 Å². The standard InChI is InChI=1S/C41H60O7/c1-3-4-5-6-7-8-9-10-11-12-13-14-15-16-17-26-47-38(45)22-23-39(46)48-29-37(44)33-21-20-32-34-19-18-30-27-31(42)24-25-41(30,2)40(34)36(43)28-35(32)33/h9-10,24-25,27-28,32-34,36,40,43H,3-8,11-23,26,29H2,1-2H3/b10-9-/t32?,33-,34-,36?,40?,41-/m0/s1. The van der Waals surface area contributed by atoms with E-state index in [-0.39, 0.29) is 60.1 Å². The highest BCUT2D eigenvalue weighted by molar-refractivity contribution is 6.01. The van der Waals surface area contributed by atoms with E-state index in [1.807, 2.05) is 12.2 Å². The first-order valence-electron chi connectivity index (χ1n) is 19.1. The molecular weight excluding hydrogens is 604 g/mol. The second-order valence-electron chi connectivity index (χ2n) is 14.7. The molecule has 4 aliphatic carbocycles. The maximum absolute atomic E-state index is 13.2. The van der Waals surface area contributed by atoms with Gasteiger partial charge in [0.1, 0.15) is 0 Å². The first-order chi connectivity index (χ1) is 23.2. The maximum Gasteiger partial charge on any atom is 0.306 e. The van der Waals surface area contributed by atoms with Gasteiger partial charge in [-0.15, -0.1) is 0 Å². The number of esters is 2. The molecule has 1 N–H and O–H groups in total. The lowest BCUT2D eigenvalue weighted by Crippen LogP contribution is -2.49. The van der Waals surface area contributed by atoms with Crippen LogP contribution in [0.15, 0.2) is 47.6 Å². The summed E-state index contributed by atoms with van der Waals surface area (Å²) >= 11 is 0. The minimum Gasteiger partial charge on any atom is -0.466 e. The molecule has 0 aromatic carbocycles. The molecule has 266 valence electrons. The lowest BCUT2D eigenvalue weighted by Gasteiger charge is -2.53. The number of aliphatic hydroxyl groups is 1. The molecule has 0 aliphatic heterocycles. The van der Waals surface area contributed by atoms with Gasteiger partial charge < -0.3 is 14.6 Å². The van der Waals surface area contributed by atoms with Gasteiger partial charge in [-0.2, -0.15) is 0 Å². The number of unbranched alkanes of at least 4 members (excludes halogenated alkanes) is 11. The molecule has 0 bridgehead atoms. The van der Waals surface area contributed by atoms with Crippen molar-refractivity contribution in [2.24, 2.45) is 29.1 Å². The van der Waals surface area contributed by atoms with Crippen LogP contribution >= 0.6 is 0 Å². The van der Waals surface area contributed by atoms with E-state index < -0.39 is 18.0 Å². The fourth-order valence-corrected chi connectivity index (χ4v) is 8.66. The number of carbonyl (C=O) groups excluding carboxylic acids is 4. The van der Waals surface area contributed by atoms with Gasteiger partial charge in [0.25, 0.3) is 0 Å². The van der Waals surface area contributed by atoms with Gasteiger partial charge in [0.2, 0.25) is 0 Å². The van der Waals surface area contributed by atoms with Crippen molar-refractivity contribution in [2.75, 3.05) is 13.2 Å².